The third kappa shape index (κ3) is 4.56. The van der Waals surface area contributed by atoms with E-state index in [9.17, 15) is 18.8 Å². The van der Waals surface area contributed by atoms with E-state index >= 15 is 0 Å². The van der Waals surface area contributed by atoms with Gasteiger partial charge in [0, 0.05) is 5.56 Å². The Kier molecular flexibility index (Phi) is 5.72. The zero-order chi connectivity index (χ0) is 19.9. The van der Waals surface area contributed by atoms with E-state index in [4.69, 9.17) is 0 Å². The lowest BCUT2D eigenvalue weighted by Gasteiger charge is -2.06. The smallest absolute Gasteiger partial charge is 0.387 e. The molecule has 0 saturated heterocycles. The highest BCUT2D eigenvalue weighted by Gasteiger charge is 2.12. The summed E-state index contributed by atoms with van der Waals surface area (Å²) in [6, 6.07) is 16.6. The van der Waals surface area contributed by atoms with Gasteiger partial charge in [0.25, 0.3) is 5.56 Å². The lowest BCUT2D eigenvalue weighted by molar-refractivity contribution is -0.0498. The Labute approximate surface area is 157 Å². The fraction of sp³-hybridized carbons (Fsp3) is 0.0526. The Balaban J connectivity index is 1.84. The molecule has 1 heterocycles. The maximum absolute atomic E-state index is 12.3. The number of halogens is 2. The lowest BCUT2D eigenvalue weighted by Crippen LogP contribution is -2.16. The molecule has 2 aromatic carbocycles. The molecule has 0 atom stereocenters. The maximum Gasteiger partial charge on any atom is 0.387 e. The number of hydrogen-bond acceptors (Lipinski definition) is 6. The minimum atomic E-state index is -2.92. The van der Waals surface area contributed by atoms with Crippen LogP contribution >= 0.6 is 0 Å². The van der Waals surface area contributed by atoms with Gasteiger partial charge >= 0.3 is 6.61 Å². The number of anilines is 1. The van der Waals surface area contributed by atoms with Gasteiger partial charge < -0.3 is 4.74 Å². The highest BCUT2D eigenvalue weighted by Crippen LogP contribution is 2.19. The summed E-state index contributed by atoms with van der Waals surface area (Å²) in [5.74, 6) is 0.0225. The molecule has 1 aromatic heterocycles. The number of benzene rings is 2. The van der Waals surface area contributed by atoms with Gasteiger partial charge in [-0.25, -0.2) is 10.4 Å². The van der Waals surface area contributed by atoms with E-state index in [1.165, 1.54) is 24.4 Å². The zero-order valence-electron chi connectivity index (χ0n) is 14.3. The first kappa shape index (κ1) is 18.7. The molecule has 3 aromatic rings. The third-order valence-corrected chi connectivity index (χ3v) is 3.55. The number of nitriles is 1. The van der Waals surface area contributed by atoms with Crippen LogP contribution in [0.5, 0.6) is 5.75 Å². The maximum atomic E-state index is 12.3. The summed E-state index contributed by atoms with van der Waals surface area (Å²) in [4.78, 5) is 18.8. The number of nitrogens with zero attached hydrogens (tertiary/aromatic N) is 3. The Bertz CT molecular complexity index is 1090. The average molecular weight is 381 g/mol. The summed E-state index contributed by atoms with van der Waals surface area (Å²) in [7, 11) is 0. The first-order valence-corrected chi connectivity index (χ1v) is 8.00. The van der Waals surface area contributed by atoms with E-state index in [1.807, 2.05) is 6.07 Å². The van der Waals surface area contributed by atoms with Crippen LogP contribution in [0.4, 0.5) is 14.7 Å². The van der Waals surface area contributed by atoms with Gasteiger partial charge in [-0.15, -0.1) is 0 Å². The van der Waals surface area contributed by atoms with E-state index in [0.29, 0.717) is 11.1 Å². The second-order valence-corrected chi connectivity index (χ2v) is 5.44. The predicted molar refractivity (Wildman–Crippen MR) is 99.3 cm³/mol. The number of H-pyrrole nitrogens is 1. The molecule has 2 N–H and O–H groups in total. The summed E-state index contributed by atoms with van der Waals surface area (Å²) in [5.41, 5.74) is 3.15. The summed E-state index contributed by atoms with van der Waals surface area (Å²) >= 11 is 0. The highest BCUT2D eigenvalue weighted by molar-refractivity contribution is 5.80. The van der Waals surface area contributed by atoms with Crippen LogP contribution in [0.2, 0.25) is 0 Å². The van der Waals surface area contributed by atoms with Gasteiger partial charge in [0.15, 0.2) is 0 Å². The van der Waals surface area contributed by atoms with Crippen LogP contribution in [0.15, 0.2) is 64.5 Å². The highest BCUT2D eigenvalue weighted by atomic mass is 19.3. The molecule has 7 nitrogen and oxygen atoms in total. The van der Waals surface area contributed by atoms with Crippen molar-refractivity contribution in [3.63, 3.8) is 0 Å². The number of alkyl halides is 2. The van der Waals surface area contributed by atoms with Crippen molar-refractivity contribution in [2.24, 2.45) is 5.10 Å². The minimum Gasteiger partial charge on any atom is -0.435 e. The average Bonchev–Trinajstić information content (AvgIpc) is 2.68. The van der Waals surface area contributed by atoms with Crippen LogP contribution in [0.1, 0.15) is 11.1 Å². The van der Waals surface area contributed by atoms with Gasteiger partial charge in [-0.1, -0.05) is 42.5 Å². The van der Waals surface area contributed by atoms with Crippen molar-refractivity contribution in [1.29, 1.82) is 5.26 Å². The summed E-state index contributed by atoms with van der Waals surface area (Å²) in [6.45, 7) is -2.92. The van der Waals surface area contributed by atoms with Gasteiger partial charge in [0.2, 0.25) is 5.95 Å². The fourth-order valence-electron chi connectivity index (χ4n) is 2.37. The minimum absolute atomic E-state index is 0.00443. The second kappa shape index (κ2) is 8.55. The van der Waals surface area contributed by atoms with Gasteiger partial charge in [-0.3, -0.25) is 9.78 Å². The summed E-state index contributed by atoms with van der Waals surface area (Å²) in [6.07, 6.45) is 1.35. The molecule has 9 heteroatoms. The summed E-state index contributed by atoms with van der Waals surface area (Å²) in [5, 5.41) is 13.2. The molecule has 0 bridgehead atoms. The summed E-state index contributed by atoms with van der Waals surface area (Å²) < 4.78 is 28.9. The molecule has 0 saturated carbocycles. The van der Waals surface area contributed by atoms with Crippen LogP contribution in [0.25, 0.3) is 11.3 Å². The molecule has 0 fully saturated rings. The number of ether oxygens (including phenoxy) is 1. The van der Waals surface area contributed by atoms with E-state index < -0.39 is 12.2 Å². The molecule has 0 aliphatic heterocycles. The van der Waals surface area contributed by atoms with E-state index in [1.54, 1.807) is 36.4 Å². The van der Waals surface area contributed by atoms with Crippen molar-refractivity contribution in [2.75, 3.05) is 5.43 Å². The number of aromatic amines is 1. The predicted octanol–water partition coefficient (Wildman–Crippen LogP) is 3.36. The first-order valence-electron chi connectivity index (χ1n) is 8.00. The van der Waals surface area contributed by atoms with Gasteiger partial charge in [-0.2, -0.15) is 19.1 Å². The molecule has 28 heavy (non-hydrogen) atoms. The van der Waals surface area contributed by atoms with Crippen molar-refractivity contribution in [3.8, 4) is 23.1 Å². The topological polar surface area (TPSA) is 103 Å². The number of aromatic nitrogens is 2. The number of nitrogens with one attached hydrogen (secondary N) is 2. The van der Waals surface area contributed by atoms with Crippen molar-refractivity contribution in [3.05, 3.63) is 76.1 Å². The van der Waals surface area contributed by atoms with Crippen molar-refractivity contribution in [1.82, 2.24) is 9.97 Å². The van der Waals surface area contributed by atoms with Gasteiger partial charge in [-0.05, 0) is 17.7 Å². The molecule has 0 amide bonds. The van der Waals surface area contributed by atoms with Crippen LogP contribution in [-0.2, 0) is 0 Å². The quantitative estimate of drug-likeness (QED) is 0.503. The van der Waals surface area contributed by atoms with Crippen LogP contribution in [0, 0.1) is 11.3 Å². The Morgan fingerprint density at radius 3 is 2.71 bits per heavy atom. The van der Waals surface area contributed by atoms with Crippen molar-refractivity contribution < 1.29 is 13.5 Å². The third-order valence-electron chi connectivity index (χ3n) is 3.55. The van der Waals surface area contributed by atoms with Crippen LogP contribution in [-0.4, -0.2) is 22.8 Å². The molecule has 0 spiro atoms. The number of rotatable bonds is 6. The van der Waals surface area contributed by atoms with E-state index in [2.05, 4.69) is 25.2 Å². The largest absolute Gasteiger partial charge is 0.435 e. The van der Waals surface area contributed by atoms with Gasteiger partial charge in [0.05, 0.1) is 11.9 Å². The monoisotopic (exact) mass is 381 g/mol. The molecule has 3 rings (SSSR count). The molecule has 0 aliphatic rings. The van der Waals surface area contributed by atoms with Crippen LogP contribution in [0.3, 0.4) is 0 Å². The normalized spacial score (nSPS) is 10.8. The Morgan fingerprint density at radius 2 is 2.00 bits per heavy atom. The van der Waals surface area contributed by atoms with Crippen molar-refractivity contribution in [2.45, 2.75) is 6.61 Å². The Morgan fingerprint density at radius 1 is 1.21 bits per heavy atom. The lowest BCUT2D eigenvalue weighted by atomic mass is 10.1. The molecule has 0 unspecified atom stereocenters. The first-order chi connectivity index (χ1) is 13.6. The number of hydrazone groups is 1. The van der Waals surface area contributed by atoms with E-state index in [-0.39, 0.29) is 23.0 Å². The molecule has 0 radical (unpaired) electrons. The SMILES string of the molecule is N#Cc1c(-c2ccccc2)nc(NN=Cc2cccc(OC(F)F)c2)[nH]c1=O. The van der Waals surface area contributed by atoms with Crippen LogP contribution < -0.4 is 15.7 Å². The Hall–Kier alpha value is -4.06. The zero-order valence-corrected chi connectivity index (χ0v) is 14.3. The number of hydrogen-bond donors (Lipinski definition) is 2. The van der Waals surface area contributed by atoms with E-state index in [0.717, 1.165) is 0 Å². The van der Waals surface area contributed by atoms with Gasteiger partial charge in [0.1, 0.15) is 17.4 Å². The van der Waals surface area contributed by atoms with Crippen molar-refractivity contribution >= 4 is 12.2 Å². The standard InChI is InChI=1S/C19H13F2N5O2/c20-18(21)28-14-8-4-5-12(9-14)11-23-26-19-24-16(13-6-2-1-3-7-13)15(10-22)17(27)25-19/h1-9,11,18H,(H2,24,25,26,27). The fourth-order valence-corrected chi connectivity index (χ4v) is 2.37. The molecular weight excluding hydrogens is 368 g/mol. The second-order valence-electron chi connectivity index (χ2n) is 5.44. The molecule has 0 aliphatic carbocycles. The molecular formula is C19H13F2N5O2. The molecule has 140 valence electrons.